The van der Waals surface area contributed by atoms with Crippen molar-refractivity contribution in [2.45, 2.75) is 6.92 Å². The number of para-hydroxylation sites is 1. The molecule has 0 aliphatic carbocycles. The van der Waals surface area contributed by atoms with Crippen LogP contribution in [0.15, 0.2) is 53.0 Å². The molecule has 0 aliphatic rings. The molecule has 0 bridgehead atoms. The van der Waals surface area contributed by atoms with Crippen molar-refractivity contribution in [3.05, 3.63) is 74.4 Å². The van der Waals surface area contributed by atoms with Gasteiger partial charge in [-0.3, -0.25) is 19.5 Å². The van der Waals surface area contributed by atoms with Gasteiger partial charge in [0.2, 0.25) is 0 Å². The van der Waals surface area contributed by atoms with E-state index in [9.17, 15) is 14.9 Å². The summed E-state index contributed by atoms with van der Waals surface area (Å²) in [5.74, 6) is -0.297. The first-order chi connectivity index (χ1) is 10.5. The monoisotopic (exact) mass is 358 g/mol. The second kappa shape index (κ2) is 5.38. The van der Waals surface area contributed by atoms with Crippen molar-refractivity contribution in [3.8, 4) is 0 Å². The molecule has 22 heavy (non-hydrogen) atoms. The van der Waals surface area contributed by atoms with Crippen molar-refractivity contribution in [2.24, 2.45) is 0 Å². The molecule has 3 aromatic rings. The summed E-state index contributed by atoms with van der Waals surface area (Å²) in [6.07, 6.45) is 0. The Labute approximate surface area is 134 Å². The number of fused-ring (bicyclic) bond motifs is 1. The first kappa shape index (κ1) is 14.5. The zero-order chi connectivity index (χ0) is 15.9. The quantitative estimate of drug-likeness (QED) is 0.506. The molecule has 2 aromatic carbocycles. The third kappa shape index (κ3) is 2.31. The van der Waals surface area contributed by atoms with Crippen LogP contribution in [0.2, 0.25) is 0 Å². The summed E-state index contributed by atoms with van der Waals surface area (Å²) in [6, 6.07) is 13.6. The van der Waals surface area contributed by atoms with Crippen LogP contribution in [0.3, 0.4) is 0 Å². The van der Waals surface area contributed by atoms with Crippen LogP contribution in [-0.2, 0) is 0 Å². The molecule has 110 valence electrons. The van der Waals surface area contributed by atoms with Gasteiger partial charge in [-0.25, -0.2) is 0 Å². The minimum atomic E-state index is -0.510. The van der Waals surface area contributed by atoms with E-state index < -0.39 is 4.92 Å². The van der Waals surface area contributed by atoms with Gasteiger partial charge in [-0.2, -0.15) is 0 Å². The van der Waals surface area contributed by atoms with Gasteiger partial charge in [0.15, 0.2) is 0 Å². The molecule has 3 rings (SSSR count). The van der Waals surface area contributed by atoms with Crippen LogP contribution < -0.4 is 0 Å². The molecule has 0 amide bonds. The molecule has 0 radical (unpaired) electrons. The summed E-state index contributed by atoms with van der Waals surface area (Å²) in [5.41, 5.74) is 1.72. The number of benzene rings is 2. The predicted molar refractivity (Wildman–Crippen MR) is 87.2 cm³/mol. The number of non-ortho nitro benzene ring substituents is 1. The number of halogens is 1. The summed E-state index contributed by atoms with van der Waals surface area (Å²) >= 11 is 3.30. The van der Waals surface area contributed by atoms with Crippen LogP contribution >= 0.6 is 15.9 Å². The summed E-state index contributed by atoms with van der Waals surface area (Å²) in [7, 11) is 0. The van der Waals surface area contributed by atoms with E-state index in [0.29, 0.717) is 4.47 Å². The van der Waals surface area contributed by atoms with Crippen LogP contribution in [0.4, 0.5) is 5.69 Å². The van der Waals surface area contributed by atoms with Gasteiger partial charge in [0.25, 0.3) is 11.6 Å². The van der Waals surface area contributed by atoms with Crippen molar-refractivity contribution in [2.75, 3.05) is 0 Å². The van der Waals surface area contributed by atoms with E-state index in [2.05, 4.69) is 15.9 Å². The third-order valence-electron chi connectivity index (χ3n) is 3.49. The minimum Gasteiger partial charge on any atom is -0.280 e. The lowest BCUT2D eigenvalue weighted by molar-refractivity contribution is -0.384. The Balaban J connectivity index is 2.20. The summed E-state index contributed by atoms with van der Waals surface area (Å²) in [4.78, 5) is 23.3. The number of aromatic nitrogens is 1. The normalized spacial score (nSPS) is 10.8. The van der Waals surface area contributed by atoms with Crippen molar-refractivity contribution < 1.29 is 9.72 Å². The highest BCUT2D eigenvalue weighted by Crippen LogP contribution is 2.26. The summed E-state index contributed by atoms with van der Waals surface area (Å²) in [6.45, 7) is 1.84. The summed E-state index contributed by atoms with van der Waals surface area (Å²) < 4.78 is 2.10. The molecule has 0 fully saturated rings. The number of hydrogen-bond acceptors (Lipinski definition) is 3. The fourth-order valence-electron chi connectivity index (χ4n) is 2.47. The molecule has 1 aromatic heterocycles. The number of nitro groups is 1. The fourth-order valence-corrected chi connectivity index (χ4v) is 2.89. The Kier molecular flexibility index (Phi) is 3.54. The highest BCUT2D eigenvalue weighted by atomic mass is 79.9. The SMILES string of the molecule is Cc1cc2ccccc2n1C(=O)c1cc([N+](=O)[O-])ccc1Br. The Hall–Kier alpha value is -2.47. The van der Waals surface area contributed by atoms with Crippen molar-refractivity contribution in [1.29, 1.82) is 0 Å². The maximum atomic E-state index is 12.8. The third-order valence-corrected chi connectivity index (χ3v) is 4.18. The lowest BCUT2D eigenvalue weighted by Crippen LogP contribution is -2.14. The van der Waals surface area contributed by atoms with E-state index in [1.54, 1.807) is 4.57 Å². The lowest BCUT2D eigenvalue weighted by atomic mass is 10.2. The average molecular weight is 359 g/mol. The summed E-state index contributed by atoms with van der Waals surface area (Å²) in [5, 5.41) is 11.9. The van der Waals surface area contributed by atoms with Gasteiger partial charge in [0.1, 0.15) is 0 Å². The Morgan fingerprint density at radius 2 is 1.91 bits per heavy atom. The predicted octanol–water partition coefficient (Wildman–Crippen LogP) is 4.31. The number of rotatable bonds is 2. The Morgan fingerprint density at radius 3 is 2.64 bits per heavy atom. The van der Waals surface area contributed by atoms with E-state index in [0.717, 1.165) is 16.6 Å². The van der Waals surface area contributed by atoms with Gasteiger partial charge < -0.3 is 0 Å². The molecule has 0 unspecified atom stereocenters. The number of carbonyl (C=O) groups is 1. The standard InChI is InChI=1S/C16H11BrN2O3/c1-10-8-11-4-2-3-5-15(11)18(10)16(20)13-9-12(19(21)22)6-7-14(13)17/h2-9H,1H3. The van der Waals surface area contributed by atoms with Gasteiger partial charge in [-0.15, -0.1) is 0 Å². The second-order valence-electron chi connectivity index (χ2n) is 4.91. The zero-order valence-electron chi connectivity index (χ0n) is 11.6. The number of nitrogens with zero attached hydrogens (tertiary/aromatic N) is 2. The zero-order valence-corrected chi connectivity index (χ0v) is 13.2. The number of aryl methyl sites for hydroxylation is 1. The van der Waals surface area contributed by atoms with Crippen molar-refractivity contribution in [3.63, 3.8) is 0 Å². The van der Waals surface area contributed by atoms with Gasteiger partial charge >= 0.3 is 0 Å². The highest BCUT2D eigenvalue weighted by Gasteiger charge is 2.19. The second-order valence-corrected chi connectivity index (χ2v) is 5.76. The van der Waals surface area contributed by atoms with Crippen LogP contribution in [0, 0.1) is 17.0 Å². The number of nitro benzene ring substituents is 1. The van der Waals surface area contributed by atoms with Crippen molar-refractivity contribution >= 4 is 38.4 Å². The fraction of sp³-hybridized carbons (Fsp3) is 0.0625. The van der Waals surface area contributed by atoms with Gasteiger partial charge in [0.05, 0.1) is 16.0 Å². The van der Waals surface area contributed by atoms with Gasteiger partial charge in [-0.05, 0) is 41.1 Å². The van der Waals surface area contributed by atoms with Gasteiger partial charge in [-0.1, -0.05) is 18.2 Å². The molecule has 0 aliphatic heterocycles. The largest absolute Gasteiger partial charge is 0.280 e. The van der Waals surface area contributed by atoms with Crippen LogP contribution in [-0.4, -0.2) is 15.4 Å². The topological polar surface area (TPSA) is 65.1 Å². The maximum absolute atomic E-state index is 12.8. The first-order valence-electron chi connectivity index (χ1n) is 6.55. The molecule has 0 saturated carbocycles. The van der Waals surface area contributed by atoms with Crippen molar-refractivity contribution in [1.82, 2.24) is 4.57 Å². The van der Waals surface area contributed by atoms with Gasteiger partial charge in [0, 0.05) is 27.7 Å². The average Bonchev–Trinajstić information content (AvgIpc) is 2.82. The van der Waals surface area contributed by atoms with E-state index in [1.807, 2.05) is 37.3 Å². The Bertz CT molecular complexity index is 915. The van der Waals surface area contributed by atoms with E-state index in [1.165, 1.54) is 18.2 Å². The van der Waals surface area contributed by atoms with Crippen LogP contribution in [0.25, 0.3) is 10.9 Å². The first-order valence-corrected chi connectivity index (χ1v) is 7.34. The molecular formula is C16H11BrN2O3. The molecule has 0 atom stereocenters. The number of carbonyl (C=O) groups excluding carboxylic acids is 1. The molecule has 0 N–H and O–H groups in total. The molecule has 1 heterocycles. The highest BCUT2D eigenvalue weighted by molar-refractivity contribution is 9.10. The smallest absolute Gasteiger partial charge is 0.270 e. The molecule has 0 saturated heterocycles. The van der Waals surface area contributed by atoms with E-state index >= 15 is 0 Å². The van der Waals surface area contributed by atoms with Crippen LogP contribution in [0.1, 0.15) is 16.1 Å². The maximum Gasteiger partial charge on any atom is 0.270 e. The molecular weight excluding hydrogens is 348 g/mol. The lowest BCUT2D eigenvalue weighted by Gasteiger charge is -2.08. The van der Waals surface area contributed by atoms with Crippen LogP contribution in [0.5, 0.6) is 0 Å². The number of hydrogen-bond donors (Lipinski definition) is 0. The minimum absolute atomic E-state index is 0.110. The molecule has 6 heteroatoms. The molecule has 5 nitrogen and oxygen atoms in total. The molecule has 0 spiro atoms. The van der Waals surface area contributed by atoms with E-state index in [4.69, 9.17) is 0 Å². The Morgan fingerprint density at radius 1 is 1.18 bits per heavy atom. The van der Waals surface area contributed by atoms with E-state index in [-0.39, 0.29) is 17.2 Å².